The number of carbonyl (C=O) groups excluding carboxylic acids is 1. The van der Waals surface area contributed by atoms with E-state index in [1.807, 2.05) is 6.92 Å². The molecular formula is C8H16ClNO2. The zero-order valence-electron chi connectivity index (χ0n) is 7.50. The molecule has 0 amide bonds. The summed E-state index contributed by atoms with van der Waals surface area (Å²) in [4.78, 5) is 11.2. The van der Waals surface area contributed by atoms with Crippen LogP contribution >= 0.6 is 12.4 Å². The van der Waals surface area contributed by atoms with E-state index in [4.69, 9.17) is 4.74 Å². The Labute approximate surface area is 79.3 Å². The molecule has 0 saturated carbocycles. The second kappa shape index (κ2) is 5.38. The van der Waals surface area contributed by atoms with E-state index < -0.39 is 0 Å². The Bertz CT molecular complexity index is 152. The molecule has 1 saturated heterocycles. The lowest BCUT2D eigenvalue weighted by molar-refractivity contribution is -0.146. The minimum Gasteiger partial charge on any atom is -0.465 e. The summed E-state index contributed by atoms with van der Waals surface area (Å²) in [7, 11) is 0. The number of hydrogen-bond donors (Lipinski definition) is 1. The normalized spacial score (nSPS) is 27.8. The van der Waals surface area contributed by atoms with Crippen LogP contribution in [-0.4, -0.2) is 25.2 Å². The van der Waals surface area contributed by atoms with Crippen LogP contribution in [0.5, 0.6) is 0 Å². The van der Waals surface area contributed by atoms with Gasteiger partial charge in [0.25, 0.3) is 0 Å². The van der Waals surface area contributed by atoms with Gasteiger partial charge in [-0.25, -0.2) is 0 Å². The second-order valence-corrected chi connectivity index (χ2v) is 2.95. The number of carbonyl (C=O) groups is 1. The zero-order chi connectivity index (χ0) is 8.27. The Kier molecular flexibility index (Phi) is 5.25. The van der Waals surface area contributed by atoms with Gasteiger partial charge in [0.15, 0.2) is 0 Å². The predicted octanol–water partition coefficient (Wildman–Crippen LogP) is 0.969. The molecule has 0 aromatic carbocycles. The molecule has 0 unspecified atom stereocenters. The van der Waals surface area contributed by atoms with Gasteiger partial charge in [-0.1, -0.05) is 6.92 Å². The first kappa shape index (κ1) is 11.7. The van der Waals surface area contributed by atoms with Crippen molar-refractivity contribution in [2.45, 2.75) is 26.3 Å². The first-order valence-corrected chi connectivity index (χ1v) is 4.15. The highest BCUT2D eigenvalue weighted by atomic mass is 35.5. The van der Waals surface area contributed by atoms with Crippen molar-refractivity contribution in [3.63, 3.8) is 0 Å². The molecule has 3 nitrogen and oxygen atoms in total. The Hall–Kier alpha value is -0.280. The summed E-state index contributed by atoms with van der Waals surface area (Å²) in [6.07, 6.45) is 1.07. The molecule has 2 atom stereocenters. The highest BCUT2D eigenvalue weighted by Crippen LogP contribution is 2.15. The average molecular weight is 194 g/mol. The quantitative estimate of drug-likeness (QED) is 0.665. The van der Waals surface area contributed by atoms with Crippen LogP contribution in [0.25, 0.3) is 0 Å². The number of hydrogen-bond acceptors (Lipinski definition) is 3. The molecule has 1 N–H and O–H groups in total. The number of esters is 1. The molecule has 1 aliphatic rings. The van der Waals surface area contributed by atoms with Crippen LogP contribution in [0.2, 0.25) is 0 Å². The Morgan fingerprint density at radius 2 is 2.33 bits per heavy atom. The summed E-state index contributed by atoms with van der Waals surface area (Å²) < 4.78 is 4.89. The van der Waals surface area contributed by atoms with E-state index in [1.54, 1.807) is 0 Å². The molecule has 1 aliphatic heterocycles. The van der Waals surface area contributed by atoms with Crippen LogP contribution in [0.3, 0.4) is 0 Å². The van der Waals surface area contributed by atoms with Crippen molar-refractivity contribution in [3.05, 3.63) is 0 Å². The zero-order valence-corrected chi connectivity index (χ0v) is 8.32. The van der Waals surface area contributed by atoms with Crippen molar-refractivity contribution in [3.8, 4) is 0 Å². The largest absolute Gasteiger partial charge is 0.465 e. The molecule has 1 fully saturated rings. The van der Waals surface area contributed by atoms with E-state index >= 15 is 0 Å². The number of rotatable bonds is 2. The van der Waals surface area contributed by atoms with Crippen molar-refractivity contribution < 1.29 is 9.53 Å². The SMILES string of the molecule is CCOC(=O)[C@@H]1NCC[C@@H]1C.Cl. The van der Waals surface area contributed by atoms with E-state index in [0.717, 1.165) is 13.0 Å². The Morgan fingerprint density at radius 1 is 1.67 bits per heavy atom. The standard InChI is InChI=1S/C8H15NO2.ClH/c1-3-11-8(10)7-6(2)4-5-9-7;/h6-7,9H,3-5H2,1-2H3;1H/t6-,7+;/m0./s1. The average Bonchev–Trinajstić information content (AvgIpc) is 2.36. The summed E-state index contributed by atoms with van der Waals surface area (Å²) in [5, 5.41) is 3.12. The van der Waals surface area contributed by atoms with E-state index in [0.29, 0.717) is 12.5 Å². The maximum Gasteiger partial charge on any atom is 0.323 e. The monoisotopic (exact) mass is 193 g/mol. The molecule has 0 radical (unpaired) electrons. The molecular weight excluding hydrogens is 178 g/mol. The topological polar surface area (TPSA) is 38.3 Å². The van der Waals surface area contributed by atoms with Gasteiger partial charge in [-0.3, -0.25) is 4.79 Å². The number of nitrogens with one attached hydrogen (secondary N) is 1. The van der Waals surface area contributed by atoms with Gasteiger partial charge < -0.3 is 10.1 Å². The fourth-order valence-corrected chi connectivity index (χ4v) is 1.38. The highest BCUT2D eigenvalue weighted by Gasteiger charge is 2.29. The first-order chi connectivity index (χ1) is 5.25. The molecule has 0 bridgehead atoms. The van der Waals surface area contributed by atoms with Crippen LogP contribution in [0.1, 0.15) is 20.3 Å². The maximum absolute atomic E-state index is 11.2. The third kappa shape index (κ3) is 2.64. The van der Waals surface area contributed by atoms with Gasteiger partial charge >= 0.3 is 5.97 Å². The van der Waals surface area contributed by atoms with Gasteiger partial charge in [0.2, 0.25) is 0 Å². The highest BCUT2D eigenvalue weighted by molar-refractivity contribution is 5.85. The lowest BCUT2D eigenvalue weighted by Crippen LogP contribution is -2.36. The van der Waals surface area contributed by atoms with Crippen LogP contribution in [0.4, 0.5) is 0 Å². The minimum absolute atomic E-state index is 0. The van der Waals surface area contributed by atoms with Gasteiger partial charge in [-0.05, 0) is 25.8 Å². The predicted molar refractivity (Wildman–Crippen MR) is 49.5 cm³/mol. The second-order valence-electron chi connectivity index (χ2n) is 2.95. The molecule has 72 valence electrons. The molecule has 0 spiro atoms. The number of halogens is 1. The first-order valence-electron chi connectivity index (χ1n) is 4.15. The molecule has 12 heavy (non-hydrogen) atoms. The number of ether oxygens (including phenoxy) is 1. The van der Waals surface area contributed by atoms with Crippen LogP contribution in [-0.2, 0) is 9.53 Å². The molecule has 0 aromatic heterocycles. The molecule has 4 heteroatoms. The third-order valence-electron chi connectivity index (χ3n) is 2.07. The van der Waals surface area contributed by atoms with Gasteiger partial charge in [-0.15, -0.1) is 12.4 Å². The van der Waals surface area contributed by atoms with Crippen molar-refractivity contribution in [1.29, 1.82) is 0 Å². The minimum atomic E-state index is -0.0995. The summed E-state index contributed by atoms with van der Waals surface area (Å²) in [6.45, 7) is 5.31. The van der Waals surface area contributed by atoms with Crippen LogP contribution in [0, 0.1) is 5.92 Å². The van der Waals surface area contributed by atoms with E-state index in [9.17, 15) is 4.79 Å². The fourth-order valence-electron chi connectivity index (χ4n) is 1.38. The van der Waals surface area contributed by atoms with E-state index in [-0.39, 0.29) is 24.4 Å². The maximum atomic E-state index is 11.2. The molecule has 0 aliphatic carbocycles. The smallest absolute Gasteiger partial charge is 0.323 e. The van der Waals surface area contributed by atoms with Gasteiger partial charge in [0, 0.05) is 0 Å². The van der Waals surface area contributed by atoms with Gasteiger partial charge in [-0.2, -0.15) is 0 Å². The Balaban J connectivity index is 0.00000121. The summed E-state index contributed by atoms with van der Waals surface area (Å²) in [5.41, 5.74) is 0. The van der Waals surface area contributed by atoms with Crippen LogP contribution < -0.4 is 5.32 Å². The van der Waals surface area contributed by atoms with Crippen LogP contribution in [0.15, 0.2) is 0 Å². The van der Waals surface area contributed by atoms with Crippen molar-refractivity contribution >= 4 is 18.4 Å². The fraction of sp³-hybridized carbons (Fsp3) is 0.875. The van der Waals surface area contributed by atoms with Gasteiger partial charge in [0.05, 0.1) is 6.61 Å². The summed E-state index contributed by atoms with van der Waals surface area (Å²) in [5.74, 6) is 0.326. The van der Waals surface area contributed by atoms with E-state index in [2.05, 4.69) is 12.2 Å². The lowest BCUT2D eigenvalue weighted by Gasteiger charge is -2.12. The summed E-state index contributed by atoms with van der Waals surface area (Å²) in [6, 6.07) is -0.0602. The van der Waals surface area contributed by atoms with Crippen molar-refractivity contribution in [2.75, 3.05) is 13.2 Å². The molecule has 1 rings (SSSR count). The third-order valence-corrected chi connectivity index (χ3v) is 2.07. The van der Waals surface area contributed by atoms with E-state index in [1.165, 1.54) is 0 Å². The lowest BCUT2D eigenvalue weighted by atomic mass is 10.0. The Morgan fingerprint density at radius 3 is 2.75 bits per heavy atom. The molecule has 1 heterocycles. The van der Waals surface area contributed by atoms with Crippen molar-refractivity contribution in [1.82, 2.24) is 5.32 Å². The van der Waals surface area contributed by atoms with Gasteiger partial charge in [0.1, 0.15) is 6.04 Å². The van der Waals surface area contributed by atoms with Crippen molar-refractivity contribution in [2.24, 2.45) is 5.92 Å². The molecule has 0 aromatic rings. The summed E-state index contributed by atoms with van der Waals surface area (Å²) >= 11 is 0.